The van der Waals surface area contributed by atoms with E-state index < -0.39 is 0 Å². The van der Waals surface area contributed by atoms with Crippen molar-refractivity contribution in [1.82, 2.24) is 14.6 Å². The van der Waals surface area contributed by atoms with E-state index in [0.29, 0.717) is 19.0 Å². The summed E-state index contributed by atoms with van der Waals surface area (Å²) < 4.78 is 13.3. The summed E-state index contributed by atoms with van der Waals surface area (Å²) in [7, 11) is 0. The van der Waals surface area contributed by atoms with E-state index in [1.807, 2.05) is 19.1 Å². The fraction of sp³-hybridized carbons (Fsp3) is 0.467. The molecule has 0 aliphatic rings. The molecule has 2 N–H and O–H groups in total. The highest BCUT2D eigenvalue weighted by molar-refractivity contribution is 5.65. The van der Waals surface area contributed by atoms with E-state index >= 15 is 0 Å². The molecule has 2 atom stereocenters. The van der Waals surface area contributed by atoms with E-state index in [2.05, 4.69) is 23.6 Å². The van der Waals surface area contributed by atoms with Crippen LogP contribution in [0.25, 0.3) is 5.52 Å². The van der Waals surface area contributed by atoms with Gasteiger partial charge in [-0.05, 0) is 25.5 Å². The quantitative estimate of drug-likeness (QED) is 0.596. The first-order chi connectivity index (χ1) is 10.2. The Balaban J connectivity index is 2.08. The van der Waals surface area contributed by atoms with Crippen molar-refractivity contribution in [3.8, 4) is 0 Å². The molecule has 0 aliphatic carbocycles. The van der Waals surface area contributed by atoms with Crippen LogP contribution in [0.5, 0.6) is 0 Å². The molecule has 0 bridgehead atoms. The Morgan fingerprint density at radius 2 is 2.29 bits per heavy atom. The van der Waals surface area contributed by atoms with Gasteiger partial charge in [-0.25, -0.2) is 9.50 Å². The van der Waals surface area contributed by atoms with Crippen LogP contribution >= 0.6 is 0 Å². The normalized spacial score (nSPS) is 14.2. The van der Waals surface area contributed by atoms with Gasteiger partial charge in [0.1, 0.15) is 11.8 Å². The molecule has 0 radical (unpaired) electrons. The van der Waals surface area contributed by atoms with Crippen molar-refractivity contribution in [1.29, 1.82) is 0 Å². The lowest BCUT2D eigenvalue weighted by molar-refractivity contribution is -0.0511. The average molecular weight is 290 g/mol. The number of aromatic nitrogens is 3. The van der Waals surface area contributed by atoms with Gasteiger partial charge in [0.25, 0.3) is 0 Å². The van der Waals surface area contributed by atoms with Gasteiger partial charge < -0.3 is 15.2 Å². The Morgan fingerprint density at radius 1 is 1.48 bits per heavy atom. The highest BCUT2D eigenvalue weighted by Gasteiger charge is 2.17. The van der Waals surface area contributed by atoms with E-state index in [-0.39, 0.29) is 12.2 Å². The number of fused-ring (bicyclic) bond motifs is 1. The number of anilines is 1. The molecule has 114 valence electrons. The van der Waals surface area contributed by atoms with Crippen molar-refractivity contribution >= 4 is 11.3 Å². The first-order valence-corrected chi connectivity index (χ1v) is 7.09. The minimum atomic E-state index is -0.112. The van der Waals surface area contributed by atoms with Crippen LogP contribution in [0.4, 0.5) is 5.82 Å². The van der Waals surface area contributed by atoms with E-state index in [1.54, 1.807) is 10.6 Å². The number of ether oxygens (including phenoxy) is 2. The number of nitrogens with zero attached hydrogens (tertiary/aromatic N) is 3. The predicted molar refractivity (Wildman–Crippen MR) is 82.0 cm³/mol. The molecule has 21 heavy (non-hydrogen) atoms. The van der Waals surface area contributed by atoms with Crippen molar-refractivity contribution in [2.45, 2.75) is 32.5 Å². The van der Waals surface area contributed by atoms with E-state index in [1.165, 1.54) is 6.33 Å². The summed E-state index contributed by atoms with van der Waals surface area (Å²) in [6.07, 6.45) is 3.98. The molecule has 2 aromatic rings. The molecule has 0 saturated carbocycles. The van der Waals surface area contributed by atoms with Crippen LogP contribution in [0.15, 0.2) is 31.1 Å². The average Bonchev–Trinajstić information content (AvgIpc) is 2.91. The monoisotopic (exact) mass is 290 g/mol. The van der Waals surface area contributed by atoms with Crippen LogP contribution < -0.4 is 5.73 Å². The van der Waals surface area contributed by atoms with Crippen molar-refractivity contribution < 1.29 is 9.47 Å². The third-order valence-electron chi connectivity index (χ3n) is 3.32. The van der Waals surface area contributed by atoms with Gasteiger partial charge in [0, 0.05) is 0 Å². The zero-order chi connectivity index (χ0) is 15.2. The van der Waals surface area contributed by atoms with Crippen molar-refractivity contribution in [2.24, 2.45) is 0 Å². The standard InChI is InChI=1S/C15H22N4O2/c1-4-8-20-9-12(5-2)21-11(3)13-6-7-14-15(16)17-10-18-19(13)14/h4,6-7,10-12H,1,5,8-9H2,2-3H3,(H2,16,17,18). The topological polar surface area (TPSA) is 74.7 Å². The van der Waals surface area contributed by atoms with E-state index in [0.717, 1.165) is 17.6 Å². The Hall–Kier alpha value is -1.92. The maximum atomic E-state index is 6.06. The number of hydrogen-bond acceptors (Lipinski definition) is 5. The van der Waals surface area contributed by atoms with E-state index in [4.69, 9.17) is 15.2 Å². The zero-order valence-corrected chi connectivity index (χ0v) is 12.5. The van der Waals surface area contributed by atoms with Crippen LogP contribution in [0, 0.1) is 0 Å². The maximum absolute atomic E-state index is 6.06. The lowest BCUT2D eigenvalue weighted by atomic mass is 10.2. The van der Waals surface area contributed by atoms with E-state index in [9.17, 15) is 0 Å². The molecule has 6 nitrogen and oxygen atoms in total. The minimum Gasteiger partial charge on any atom is -0.382 e. The van der Waals surface area contributed by atoms with Crippen LogP contribution in [0.3, 0.4) is 0 Å². The highest BCUT2D eigenvalue weighted by Crippen LogP contribution is 2.23. The molecule has 2 rings (SSSR count). The Morgan fingerprint density at radius 3 is 3.00 bits per heavy atom. The van der Waals surface area contributed by atoms with Gasteiger partial charge in [-0.3, -0.25) is 0 Å². The summed E-state index contributed by atoms with van der Waals surface area (Å²) in [5, 5.41) is 4.23. The number of rotatable bonds is 8. The van der Waals surface area contributed by atoms with Gasteiger partial charge in [0.2, 0.25) is 0 Å². The summed E-state index contributed by atoms with van der Waals surface area (Å²) in [6, 6.07) is 3.86. The van der Waals surface area contributed by atoms with Crippen molar-refractivity contribution in [3.05, 3.63) is 36.8 Å². The third kappa shape index (κ3) is 3.59. The second kappa shape index (κ2) is 7.19. The first kappa shape index (κ1) is 15.5. The SMILES string of the molecule is C=CCOCC(CC)OC(C)c1ccc2c(N)ncnn12. The Kier molecular flexibility index (Phi) is 5.30. The minimum absolute atomic E-state index is 0.0321. The summed E-state index contributed by atoms with van der Waals surface area (Å²) in [5.74, 6) is 0.463. The predicted octanol–water partition coefficient (Wildman–Crippen LogP) is 2.37. The van der Waals surface area contributed by atoms with Crippen LogP contribution in [-0.4, -0.2) is 33.9 Å². The van der Waals surface area contributed by atoms with Gasteiger partial charge in [-0.2, -0.15) is 5.10 Å². The lowest BCUT2D eigenvalue weighted by Gasteiger charge is -2.21. The van der Waals surface area contributed by atoms with Crippen LogP contribution in [0.2, 0.25) is 0 Å². The van der Waals surface area contributed by atoms with Crippen LogP contribution in [-0.2, 0) is 9.47 Å². The second-order valence-electron chi connectivity index (χ2n) is 4.84. The molecule has 0 amide bonds. The second-order valence-corrected chi connectivity index (χ2v) is 4.84. The molecule has 0 saturated heterocycles. The summed E-state index contributed by atoms with van der Waals surface area (Å²) in [4.78, 5) is 3.98. The maximum Gasteiger partial charge on any atom is 0.151 e. The van der Waals surface area contributed by atoms with Gasteiger partial charge >= 0.3 is 0 Å². The molecule has 6 heteroatoms. The Labute approximate surface area is 124 Å². The highest BCUT2D eigenvalue weighted by atomic mass is 16.5. The molecule has 0 aromatic carbocycles. The fourth-order valence-corrected chi connectivity index (χ4v) is 2.18. The zero-order valence-electron chi connectivity index (χ0n) is 12.5. The fourth-order valence-electron chi connectivity index (χ4n) is 2.18. The molecule has 0 aliphatic heterocycles. The number of nitrogen functional groups attached to an aromatic ring is 1. The molecule has 2 heterocycles. The Bertz CT molecular complexity index is 596. The number of hydrogen-bond donors (Lipinski definition) is 1. The van der Waals surface area contributed by atoms with Crippen molar-refractivity contribution in [3.63, 3.8) is 0 Å². The molecule has 0 spiro atoms. The summed E-state index contributed by atoms with van der Waals surface area (Å²) in [6.45, 7) is 8.79. The van der Waals surface area contributed by atoms with Gasteiger partial charge in [0.05, 0.1) is 31.1 Å². The summed E-state index contributed by atoms with van der Waals surface area (Å²) >= 11 is 0. The molecule has 2 unspecified atom stereocenters. The molecule has 2 aromatic heterocycles. The molecule has 0 fully saturated rings. The molecular weight excluding hydrogens is 268 g/mol. The lowest BCUT2D eigenvalue weighted by Crippen LogP contribution is -2.21. The third-order valence-corrected chi connectivity index (χ3v) is 3.32. The smallest absolute Gasteiger partial charge is 0.151 e. The van der Waals surface area contributed by atoms with Crippen molar-refractivity contribution in [2.75, 3.05) is 18.9 Å². The number of nitrogens with two attached hydrogens (primary N) is 1. The summed E-state index contributed by atoms with van der Waals surface area (Å²) in [5.41, 5.74) is 7.57. The largest absolute Gasteiger partial charge is 0.382 e. The van der Waals surface area contributed by atoms with Crippen LogP contribution in [0.1, 0.15) is 32.1 Å². The van der Waals surface area contributed by atoms with Gasteiger partial charge in [-0.1, -0.05) is 13.0 Å². The van der Waals surface area contributed by atoms with Gasteiger partial charge in [0.15, 0.2) is 5.82 Å². The molecular formula is C15H22N4O2. The first-order valence-electron chi connectivity index (χ1n) is 7.09. The van der Waals surface area contributed by atoms with Gasteiger partial charge in [-0.15, -0.1) is 6.58 Å².